The minimum atomic E-state index is -0.779. The van der Waals surface area contributed by atoms with Gasteiger partial charge in [-0.05, 0) is 31.6 Å². The molecule has 0 radical (unpaired) electrons. The van der Waals surface area contributed by atoms with Crippen molar-refractivity contribution in [3.05, 3.63) is 0 Å². The van der Waals surface area contributed by atoms with E-state index in [1.807, 2.05) is 0 Å². The van der Waals surface area contributed by atoms with Crippen LogP contribution in [0.3, 0.4) is 0 Å². The Hall–Kier alpha value is -1.57. The second-order valence-electron chi connectivity index (χ2n) is 5.89. The highest BCUT2D eigenvalue weighted by molar-refractivity contribution is 5.87. The van der Waals surface area contributed by atoms with E-state index in [2.05, 4.69) is 18.3 Å². The molecule has 2 amide bonds. The van der Waals surface area contributed by atoms with Gasteiger partial charge in [-0.1, -0.05) is 6.92 Å². The smallest absolute Gasteiger partial charge is 0.243 e. The number of hydrogen-bond acceptors (Lipinski definition) is 3. The monoisotopic (exact) mass is 263 g/mol. The van der Waals surface area contributed by atoms with E-state index in [0.717, 1.165) is 0 Å². The lowest BCUT2D eigenvalue weighted by Gasteiger charge is -2.43. The first-order valence-electron chi connectivity index (χ1n) is 6.94. The Labute approximate surface area is 113 Å². The van der Waals surface area contributed by atoms with Crippen LogP contribution in [0.15, 0.2) is 0 Å². The first kappa shape index (κ1) is 13.9. The van der Waals surface area contributed by atoms with Gasteiger partial charge in [-0.2, -0.15) is 5.26 Å². The maximum Gasteiger partial charge on any atom is 0.243 e. The van der Waals surface area contributed by atoms with E-state index < -0.39 is 5.41 Å². The molecule has 2 aliphatic rings. The molecular formula is C14H21N3O2. The molecular weight excluding hydrogens is 242 g/mol. The number of piperidine rings is 1. The summed E-state index contributed by atoms with van der Waals surface area (Å²) in [6.07, 6.45) is 2.75. The van der Waals surface area contributed by atoms with Gasteiger partial charge < -0.3 is 10.2 Å². The molecule has 1 aliphatic carbocycles. The SMILES string of the molecule is CNC(=O)C1CCN(C(=O)C2(C#N)CC(C)C2)CC1. The highest BCUT2D eigenvalue weighted by Crippen LogP contribution is 2.46. The van der Waals surface area contributed by atoms with Gasteiger partial charge in [0.2, 0.25) is 11.8 Å². The van der Waals surface area contributed by atoms with E-state index >= 15 is 0 Å². The topological polar surface area (TPSA) is 73.2 Å². The van der Waals surface area contributed by atoms with Crippen molar-refractivity contribution in [3.63, 3.8) is 0 Å². The van der Waals surface area contributed by atoms with Crippen molar-refractivity contribution in [1.82, 2.24) is 10.2 Å². The minimum Gasteiger partial charge on any atom is -0.359 e. The van der Waals surface area contributed by atoms with Crippen molar-refractivity contribution < 1.29 is 9.59 Å². The van der Waals surface area contributed by atoms with Crippen molar-refractivity contribution >= 4 is 11.8 Å². The van der Waals surface area contributed by atoms with Crippen LogP contribution in [0.5, 0.6) is 0 Å². The fraction of sp³-hybridized carbons (Fsp3) is 0.786. The molecule has 0 aromatic carbocycles. The number of carbonyl (C=O) groups is 2. The lowest BCUT2D eigenvalue weighted by molar-refractivity contribution is -0.147. The third-order valence-corrected chi connectivity index (χ3v) is 4.42. The van der Waals surface area contributed by atoms with Crippen LogP contribution in [0.1, 0.15) is 32.6 Å². The lowest BCUT2D eigenvalue weighted by Crippen LogP contribution is -2.52. The van der Waals surface area contributed by atoms with E-state index in [4.69, 9.17) is 0 Å². The Morgan fingerprint density at radius 2 is 1.89 bits per heavy atom. The normalized spacial score (nSPS) is 31.2. The maximum atomic E-state index is 12.4. The second kappa shape index (κ2) is 5.20. The number of carbonyl (C=O) groups excluding carboxylic acids is 2. The summed E-state index contributed by atoms with van der Waals surface area (Å²) in [7, 11) is 1.64. The van der Waals surface area contributed by atoms with Crippen molar-refractivity contribution in [1.29, 1.82) is 5.26 Å². The molecule has 19 heavy (non-hydrogen) atoms. The molecule has 0 bridgehead atoms. The number of nitriles is 1. The van der Waals surface area contributed by atoms with Gasteiger partial charge in [0.1, 0.15) is 5.41 Å². The summed E-state index contributed by atoms with van der Waals surface area (Å²) in [6, 6.07) is 2.22. The summed E-state index contributed by atoms with van der Waals surface area (Å²) in [5, 5.41) is 11.9. The molecule has 104 valence electrons. The van der Waals surface area contributed by atoms with Crippen LogP contribution in [-0.2, 0) is 9.59 Å². The molecule has 0 atom stereocenters. The molecule has 0 aromatic heterocycles. The first-order valence-corrected chi connectivity index (χ1v) is 6.94. The molecule has 1 aliphatic heterocycles. The maximum absolute atomic E-state index is 12.4. The van der Waals surface area contributed by atoms with Crippen molar-refractivity contribution in [2.24, 2.45) is 17.3 Å². The predicted molar refractivity (Wildman–Crippen MR) is 69.8 cm³/mol. The summed E-state index contributed by atoms with van der Waals surface area (Å²) in [5.41, 5.74) is -0.779. The molecule has 2 fully saturated rings. The van der Waals surface area contributed by atoms with Gasteiger partial charge in [0, 0.05) is 26.1 Å². The van der Waals surface area contributed by atoms with Crippen LogP contribution in [0, 0.1) is 28.6 Å². The Bertz CT molecular complexity index is 413. The zero-order valence-corrected chi connectivity index (χ0v) is 11.6. The Morgan fingerprint density at radius 3 is 2.32 bits per heavy atom. The fourth-order valence-corrected chi connectivity index (χ4v) is 3.30. The molecule has 5 heteroatoms. The minimum absolute atomic E-state index is 0.00685. The predicted octanol–water partition coefficient (Wildman–Crippen LogP) is 0.911. The molecule has 0 aromatic rings. The van der Waals surface area contributed by atoms with Gasteiger partial charge in [0.15, 0.2) is 0 Å². The Kier molecular flexibility index (Phi) is 3.79. The number of amides is 2. The average Bonchev–Trinajstić information content (AvgIpc) is 2.42. The van der Waals surface area contributed by atoms with Gasteiger partial charge in [0.05, 0.1) is 6.07 Å². The van der Waals surface area contributed by atoms with Crippen LogP contribution in [0.4, 0.5) is 0 Å². The van der Waals surface area contributed by atoms with Crippen LogP contribution in [-0.4, -0.2) is 36.9 Å². The van der Waals surface area contributed by atoms with Crippen molar-refractivity contribution in [2.45, 2.75) is 32.6 Å². The van der Waals surface area contributed by atoms with Gasteiger partial charge in [0.25, 0.3) is 0 Å². The highest BCUT2D eigenvalue weighted by Gasteiger charge is 2.51. The fourth-order valence-electron chi connectivity index (χ4n) is 3.30. The second-order valence-corrected chi connectivity index (χ2v) is 5.89. The van der Waals surface area contributed by atoms with Crippen LogP contribution < -0.4 is 5.32 Å². The van der Waals surface area contributed by atoms with Crippen LogP contribution in [0.2, 0.25) is 0 Å². The molecule has 2 rings (SSSR count). The molecule has 0 spiro atoms. The van der Waals surface area contributed by atoms with E-state index in [0.29, 0.717) is 44.7 Å². The molecule has 1 saturated carbocycles. The van der Waals surface area contributed by atoms with Gasteiger partial charge >= 0.3 is 0 Å². The van der Waals surface area contributed by atoms with Crippen molar-refractivity contribution in [2.75, 3.05) is 20.1 Å². The third-order valence-electron chi connectivity index (χ3n) is 4.42. The summed E-state index contributed by atoms with van der Waals surface area (Å²) < 4.78 is 0. The Balaban J connectivity index is 1.93. The number of likely N-dealkylation sites (tertiary alicyclic amines) is 1. The van der Waals surface area contributed by atoms with E-state index in [-0.39, 0.29) is 17.7 Å². The zero-order chi connectivity index (χ0) is 14.0. The lowest BCUT2D eigenvalue weighted by atomic mass is 9.62. The summed E-state index contributed by atoms with van der Waals surface area (Å²) >= 11 is 0. The molecule has 5 nitrogen and oxygen atoms in total. The van der Waals surface area contributed by atoms with Gasteiger partial charge in [-0.25, -0.2) is 0 Å². The zero-order valence-electron chi connectivity index (χ0n) is 11.6. The number of hydrogen-bond donors (Lipinski definition) is 1. The molecule has 0 unspecified atom stereocenters. The first-order chi connectivity index (χ1) is 9.02. The van der Waals surface area contributed by atoms with Crippen molar-refractivity contribution in [3.8, 4) is 6.07 Å². The van der Waals surface area contributed by atoms with Gasteiger partial charge in [-0.15, -0.1) is 0 Å². The summed E-state index contributed by atoms with van der Waals surface area (Å²) in [6.45, 7) is 3.25. The number of nitrogens with one attached hydrogen (secondary N) is 1. The highest BCUT2D eigenvalue weighted by atomic mass is 16.2. The van der Waals surface area contributed by atoms with Crippen LogP contribution >= 0.6 is 0 Å². The Morgan fingerprint density at radius 1 is 1.32 bits per heavy atom. The molecule has 1 saturated heterocycles. The largest absolute Gasteiger partial charge is 0.359 e. The summed E-state index contributed by atoms with van der Waals surface area (Å²) in [4.78, 5) is 25.7. The third kappa shape index (κ3) is 2.44. The molecule has 1 heterocycles. The molecule has 1 N–H and O–H groups in total. The van der Waals surface area contributed by atoms with Gasteiger partial charge in [-0.3, -0.25) is 9.59 Å². The van der Waals surface area contributed by atoms with E-state index in [1.54, 1.807) is 11.9 Å². The number of nitrogens with zero attached hydrogens (tertiary/aromatic N) is 2. The van der Waals surface area contributed by atoms with Crippen LogP contribution in [0.25, 0.3) is 0 Å². The van der Waals surface area contributed by atoms with E-state index in [9.17, 15) is 14.9 Å². The summed E-state index contributed by atoms with van der Waals surface area (Å²) in [5.74, 6) is 0.502. The number of rotatable bonds is 2. The quantitative estimate of drug-likeness (QED) is 0.805. The van der Waals surface area contributed by atoms with E-state index in [1.165, 1.54) is 0 Å². The average molecular weight is 263 g/mol. The standard InChI is InChI=1S/C14H21N3O2/c1-10-7-14(8-10,9-15)13(19)17-5-3-11(4-6-17)12(18)16-2/h10-11H,3-8H2,1-2H3,(H,16,18).